The second-order valence-electron chi connectivity index (χ2n) is 7.05. The summed E-state index contributed by atoms with van der Waals surface area (Å²) in [6, 6.07) is 2.18. The van der Waals surface area contributed by atoms with Gasteiger partial charge in [-0.15, -0.1) is 0 Å². The van der Waals surface area contributed by atoms with E-state index in [1.807, 2.05) is 36.9 Å². The Kier molecular flexibility index (Phi) is 3.67. The predicted molar refractivity (Wildman–Crippen MR) is 93.2 cm³/mol. The minimum absolute atomic E-state index is 0.00272. The van der Waals surface area contributed by atoms with Crippen LogP contribution >= 0.6 is 0 Å². The fourth-order valence-electron chi connectivity index (χ4n) is 4.00. The van der Waals surface area contributed by atoms with E-state index in [2.05, 4.69) is 16.7 Å². The third kappa shape index (κ3) is 2.45. The van der Waals surface area contributed by atoms with Crippen molar-refractivity contribution in [2.45, 2.75) is 44.6 Å². The van der Waals surface area contributed by atoms with E-state index in [0.717, 1.165) is 37.1 Å². The van der Waals surface area contributed by atoms with Gasteiger partial charge in [0.15, 0.2) is 11.5 Å². The summed E-state index contributed by atoms with van der Waals surface area (Å²) in [6.07, 6.45) is 5.50. The number of hydrogen-bond donors (Lipinski definition) is 0. The molecule has 0 N–H and O–H groups in total. The van der Waals surface area contributed by atoms with Gasteiger partial charge < -0.3 is 14.0 Å². The number of anilines is 1. The van der Waals surface area contributed by atoms with Crippen molar-refractivity contribution in [1.82, 2.24) is 19.6 Å². The number of aromatic nitrogens is 3. The topological polar surface area (TPSA) is 67.4 Å². The highest BCUT2D eigenvalue weighted by Gasteiger charge is 2.40. The van der Waals surface area contributed by atoms with Crippen molar-refractivity contribution >= 4 is 11.7 Å². The normalized spacial score (nSPS) is 24.0. The molecule has 4 rings (SSSR count). The highest BCUT2D eigenvalue weighted by atomic mass is 16.5. The van der Waals surface area contributed by atoms with Crippen LogP contribution in [0.2, 0.25) is 0 Å². The first-order chi connectivity index (χ1) is 12.0. The Morgan fingerprint density at radius 3 is 2.60 bits per heavy atom. The number of imidazole rings is 1. The van der Waals surface area contributed by atoms with Gasteiger partial charge in [-0.1, -0.05) is 11.7 Å². The van der Waals surface area contributed by atoms with Crippen LogP contribution in [0.3, 0.4) is 0 Å². The molecular formula is C18H23N5O2. The van der Waals surface area contributed by atoms with Crippen LogP contribution in [0, 0.1) is 6.92 Å². The Hall–Kier alpha value is -2.57. The Morgan fingerprint density at radius 1 is 1.24 bits per heavy atom. The molecule has 1 aliphatic carbocycles. The highest BCUT2D eigenvalue weighted by Crippen LogP contribution is 2.39. The Balaban J connectivity index is 1.54. The van der Waals surface area contributed by atoms with Crippen LogP contribution in [0.1, 0.15) is 53.5 Å². The lowest BCUT2D eigenvalue weighted by atomic mass is 9.83. The number of aryl methyl sites for hydroxylation is 2. The van der Waals surface area contributed by atoms with Crippen LogP contribution in [-0.4, -0.2) is 38.6 Å². The van der Waals surface area contributed by atoms with Crippen molar-refractivity contribution in [3.8, 4) is 0 Å². The zero-order chi connectivity index (χ0) is 17.7. The third-order valence-electron chi connectivity index (χ3n) is 5.43. The molecule has 2 aromatic heterocycles. The molecule has 7 heteroatoms. The van der Waals surface area contributed by atoms with Gasteiger partial charge in [-0.3, -0.25) is 9.69 Å². The summed E-state index contributed by atoms with van der Waals surface area (Å²) in [7, 11) is 3.77. The number of carbonyl (C=O) groups excluding carboxylic acids is 1. The lowest BCUT2D eigenvalue weighted by molar-refractivity contribution is 0.0677. The van der Waals surface area contributed by atoms with Crippen LogP contribution in [0.5, 0.6) is 0 Å². The summed E-state index contributed by atoms with van der Waals surface area (Å²) in [5.74, 6) is 2.73. The van der Waals surface area contributed by atoms with Crippen LogP contribution in [0.15, 0.2) is 29.3 Å². The number of nitrogens with zero attached hydrogens (tertiary/aromatic N) is 5. The molecule has 132 valence electrons. The number of fused-ring (bicyclic) bond motifs is 1. The van der Waals surface area contributed by atoms with Gasteiger partial charge in [0, 0.05) is 32.1 Å². The van der Waals surface area contributed by atoms with E-state index >= 15 is 0 Å². The molecule has 1 saturated carbocycles. The maximum absolute atomic E-state index is 13.1. The molecule has 0 bridgehead atoms. The standard InChI is InChI=1S/C18H23N5O2/c1-11-9-15(25-20-11)13-5-7-14(8-6-13)23-12(2)22(4)17-16(18(23)24)21(3)10-19-17/h9-10,13-14H,2,5-8H2,1,3-4H3. The summed E-state index contributed by atoms with van der Waals surface area (Å²) < 4.78 is 7.22. The molecule has 3 heterocycles. The first-order valence-electron chi connectivity index (χ1n) is 8.68. The summed E-state index contributed by atoms with van der Waals surface area (Å²) in [5, 5.41) is 3.99. The SMILES string of the molecule is C=C1N(C)c2ncn(C)c2C(=O)N1C1CCC(c2cc(C)no2)CC1. The van der Waals surface area contributed by atoms with Crippen LogP contribution in [0.4, 0.5) is 5.82 Å². The Labute approximate surface area is 146 Å². The van der Waals surface area contributed by atoms with E-state index in [-0.39, 0.29) is 11.9 Å². The molecule has 7 nitrogen and oxygen atoms in total. The maximum atomic E-state index is 13.1. The molecule has 2 aromatic rings. The van der Waals surface area contributed by atoms with Gasteiger partial charge >= 0.3 is 0 Å². The van der Waals surface area contributed by atoms with Gasteiger partial charge in [0.1, 0.15) is 11.6 Å². The van der Waals surface area contributed by atoms with E-state index in [4.69, 9.17) is 4.52 Å². The molecule has 2 aliphatic rings. The van der Waals surface area contributed by atoms with Crippen molar-refractivity contribution in [2.75, 3.05) is 11.9 Å². The summed E-state index contributed by atoms with van der Waals surface area (Å²) >= 11 is 0. The minimum Gasteiger partial charge on any atom is -0.361 e. The molecule has 0 radical (unpaired) electrons. The average molecular weight is 341 g/mol. The van der Waals surface area contributed by atoms with Crippen molar-refractivity contribution < 1.29 is 9.32 Å². The lowest BCUT2D eigenvalue weighted by Gasteiger charge is -2.42. The molecule has 1 amide bonds. The van der Waals surface area contributed by atoms with Crippen molar-refractivity contribution in [3.63, 3.8) is 0 Å². The molecular weight excluding hydrogens is 318 g/mol. The quantitative estimate of drug-likeness (QED) is 0.840. The van der Waals surface area contributed by atoms with E-state index in [9.17, 15) is 4.79 Å². The summed E-state index contributed by atoms with van der Waals surface area (Å²) in [4.78, 5) is 21.1. The Morgan fingerprint density at radius 2 is 1.96 bits per heavy atom. The minimum atomic E-state index is -0.00272. The Bertz CT molecular complexity index is 828. The summed E-state index contributed by atoms with van der Waals surface area (Å²) in [5.41, 5.74) is 1.55. The maximum Gasteiger partial charge on any atom is 0.280 e. The lowest BCUT2D eigenvalue weighted by Crippen LogP contribution is -2.49. The van der Waals surface area contributed by atoms with Gasteiger partial charge in [-0.2, -0.15) is 0 Å². The molecule has 25 heavy (non-hydrogen) atoms. The fraction of sp³-hybridized carbons (Fsp3) is 0.500. The van der Waals surface area contributed by atoms with Gasteiger partial charge in [0.2, 0.25) is 0 Å². The number of carbonyl (C=O) groups is 1. The molecule has 0 atom stereocenters. The summed E-state index contributed by atoms with van der Waals surface area (Å²) in [6.45, 7) is 6.08. The van der Waals surface area contributed by atoms with E-state index < -0.39 is 0 Å². The largest absolute Gasteiger partial charge is 0.361 e. The van der Waals surface area contributed by atoms with Gasteiger partial charge in [-0.05, 0) is 32.6 Å². The van der Waals surface area contributed by atoms with Gasteiger partial charge in [0.05, 0.1) is 12.0 Å². The number of hydrogen-bond acceptors (Lipinski definition) is 5. The second-order valence-corrected chi connectivity index (χ2v) is 7.05. The molecule has 1 fully saturated rings. The van der Waals surface area contributed by atoms with Crippen LogP contribution in [-0.2, 0) is 7.05 Å². The molecule has 0 spiro atoms. The fourth-order valence-corrected chi connectivity index (χ4v) is 4.00. The second kappa shape index (κ2) is 5.75. The molecule has 0 unspecified atom stereocenters. The van der Waals surface area contributed by atoms with Crippen molar-refractivity contribution in [1.29, 1.82) is 0 Å². The number of rotatable bonds is 2. The van der Waals surface area contributed by atoms with Gasteiger partial charge in [0.25, 0.3) is 5.91 Å². The first kappa shape index (κ1) is 15.9. The zero-order valence-corrected chi connectivity index (χ0v) is 14.9. The number of amides is 1. The molecule has 1 aliphatic heterocycles. The van der Waals surface area contributed by atoms with E-state index in [1.54, 1.807) is 10.9 Å². The molecule has 0 aromatic carbocycles. The first-order valence-corrected chi connectivity index (χ1v) is 8.68. The third-order valence-corrected chi connectivity index (χ3v) is 5.43. The average Bonchev–Trinajstić information content (AvgIpc) is 3.20. The zero-order valence-electron chi connectivity index (χ0n) is 14.9. The van der Waals surface area contributed by atoms with Crippen LogP contribution < -0.4 is 4.90 Å². The van der Waals surface area contributed by atoms with E-state index in [1.165, 1.54) is 0 Å². The van der Waals surface area contributed by atoms with Gasteiger partial charge in [-0.25, -0.2) is 4.98 Å². The molecule has 0 saturated heterocycles. The highest BCUT2D eigenvalue weighted by molar-refractivity contribution is 6.01. The predicted octanol–water partition coefficient (Wildman–Crippen LogP) is 2.81. The van der Waals surface area contributed by atoms with Crippen LogP contribution in [0.25, 0.3) is 0 Å². The van der Waals surface area contributed by atoms with Crippen molar-refractivity contribution in [2.24, 2.45) is 7.05 Å². The monoisotopic (exact) mass is 341 g/mol. The smallest absolute Gasteiger partial charge is 0.280 e. The van der Waals surface area contributed by atoms with Crippen molar-refractivity contribution in [3.05, 3.63) is 41.9 Å². The van der Waals surface area contributed by atoms with E-state index in [0.29, 0.717) is 23.3 Å².